The summed E-state index contributed by atoms with van der Waals surface area (Å²) in [5.41, 5.74) is 2.82. The molecule has 2 N–H and O–H groups in total. The van der Waals surface area contributed by atoms with Crippen LogP contribution in [-0.2, 0) is 27.5 Å². The fourth-order valence-corrected chi connectivity index (χ4v) is 8.37. The highest BCUT2D eigenvalue weighted by atomic mass is 35.5. The lowest BCUT2D eigenvalue weighted by Crippen LogP contribution is -2.51. The van der Waals surface area contributed by atoms with E-state index in [0.29, 0.717) is 25.4 Å². The molecule has 1 fully saturated rings. The van der Waals surface area contributed by atoms with Gasteiger partial charge >= 0.3 is 0 Å². The molecule has 1 aliphatic heterocycles. The second kappa shape index (κ2) is 13.2. The number of halogens is 1. The third-order valence-corrected chi connectivity index (χ3v) is 12.3. The summed E-state index contributed by atoms with van der Waals surface area (Å²) in [6.07, 6.45) is 12.9. The number of rotatable bonds is 9. The molecule has 0 bridgehead atoms. The van der Waals surface area contributed by atoms with E-state index in [1.165, 1.54) is 25.0 Å². The molecule has 3 aliphatic rings. The van der Waals surface area contributed by atoms with Gasteiger partial charge in [-0.2, -0.15) is 0 Å². The summed E-state index contributed by atoms with van der Waals surface area (Å²) in [6.45, 7) is 6.88. The number of benzene rings is 2. The van der Waals surface area contributed by atoms with E-state index in [2.05, 4.69) is 33.7 Å². The van der Waals surface area contributed by atoms with Crippen molar-refractivity contribution in [1.29, 1.82) is 0 Å². The molecule has 10 heteroatoms. The standard InChI is InChI=1S/C37H44ClN3O5S/c1-4-5-17-37(43,29-14-18-39-19-15-29)32-11-8-28(32)22-41-23-36(16-6-7-26-20-30(38)10-12-31(26)36)24-46-34-13-9-27(21-33(34)41)35(42)40-47(44,45)25(2)3/h5,9-10,12-15,17-21,25,28,32,43H,4,6-8,11,16,22-24H2,1-3H3,(H,40,42)/b17-5+/t28-,32+,36-,37-/m0/s1. The van der Waals surface area contributed by atoms with Crippen LogP contribution in [-0.4, -0.2) is 49.4 Å². The molecular formula is C37H44ClN3O5S. The quantitative estimate of drug-likeness (QED) is 0.247. The minimum atomic E-state index is -3.81. The lowest BCUT2D eigenvalue weighted by atomic mass is 9.62. The first-order valence-corrected chi connectivity index (χ1v) is 18.6. The van der Waals surface area contributed by atoms with Gasteiger partial charge in [-0.05, 0) is 117 Å². The number of aliphatic hydroxyl groups is 1. The van der Waals surface area contributed by atoms with Crippen LogP contribution in [0.4, 0.5) is 5.69 Å². The maximum absolute atomic E-state index is 13.3. The van der Waals surface area contributed by atoms with Crippen LogP contribution in [0.2, 0.25) is 5.02 Å². The lowest BCUT2D eigenvalue weighted by molar-refractivity contribution is -0.0500. The van der Waals surface area contributed by atoms with E-state index < -0.39 is 26.8 Å². The van der Waals surface area contributed by atoms with Gasteiger partial charge in [-0.25, -0.2) is 13.1 Å². The minimum absolute atomic E-state index is 0.0311. The van der Waals surface area contributed by atoms with Gasteiger partial charge in [0.25, 0.3) is 5.91 Å². The summed E-state index contributed by atoms with van der Waals surface area (Å²) in [7, 11) is -3.81. The third kappa shape index (κ3) is 6.54. The number of allylic oxidation sites excluding steroid dienone is 1. The smallest absolute Gasteiger partial charge is 0.264 e. The Bertz CT molecular complexity index is 1760. The fraction of sp³-hybridized carbons (Fsp3) is 0.459. The van der Waals surface area contributed by atoms with Crippen molar-refractivity contribution in [2.45, 2.75) is 75.6 Å². The Labute approximate surface area is 283 Å². The summed E-state index contributed by atoms with van der Waals surface area (Å²) in [4.78, 5) is 19.7. The Morgan fingerprint density at radius 3 is 2.68 bits per heavy atom. The second-order valence-electron chi connectivity index (χ2n) is 13.6. The highest BCUT2D eigenvalue weighted by Crippen LogP contribution is 2.50. The number of anilines is 1. The third-order valence-electron chi connectivity index (χ3n) is 10.3. The first kappa shape index (κ1) is 33.5. The number of sulfonamides is 1. The van der Waals surface area contributed by atoms with E-state index in [9.17, 15) is 18.3 Å². The molecule has 1 aromatic heterocycles. The predicted octanol–water partition coefficient (Wildman–Crippen LogP) is 6.56. The number of hydrogen-bond donors (Lipinski definition) is 2. The molecule has 2 aromatic carbocycles. The van der Waals surface area contributed by atoms with Crippen LogP contribution in [0.25, 0.3) is 0 Å². The summed E-state index contributed by atoms with van der Waals surface area (Å²) in [5.74, 6) is 0.0925. The maximum atomic E-state index is 13.3. The van der Waals surface area contributed by atoms with E-state index in [-0.39, 0.29) is 22.8 Å². The van der Waals surface area contributed by atoms with Crippen LogP contribution in [0.15, 0.2) is 73.1 Å². The number of carbonyl (C=O) groups excluding carboxylic acids is 1. The normalized spacial score (nSPS) is 23.7. The van der Waals surface area contributed by atoms with E-state index in [4.69, 9.17) is 16.3 Å². The number of carbonyl (C=O) groups is 1. The average molecular weight is 678 g/mol. The molecule has 8 nitrogen and oxygen atoms in total. The highest BCUT2D eigenvalue weighted by molar-refractivity contribution is 7.90. The number of hydrogen-bond acceptors (Lipinski definition) is 7. The molecule has 1 spiro atoms. The number of aryl methyl sites for hydroxylation is 1. The monoisotopic (exact) mass is 677 g/mol. The zero-order chi connectivity index (χ0) is 33.4. The first-order valence-electron chi connectivity index (χ1n) is 16.6. The van der Waals surface area contributed by atoms with Gasteiger partial charge in [0, 0.05) is 47.4 Å². The number of nitrogens with one attached hydrogen (secondary N) is 1. The topological polar surface area (TPSA) is 109 Å². The Morgan fingerprint density at radius 2 is 1.98 bits per heavy atom. The number of ether oxygens (including phenoxy) is 1. The molecular weight excluding hydrogens is 634 g/mol. The van der Waals surface area contributed by atoms with Crippen molar-refractivity contribution >= 4 is 33.2 Å². The lowest BCUT2D eigenvalue weighted by Gasteiger charge is -2.49. The van der Waals surface area contributed by atoms with Gasteiger partial charge in [0.15, 0.2) is 0 Å². The Balaban J connectivity index is 1.39. The SMILES string of the molecule is CC/C=C/[C@](O)(c1ccncc1)[C@@H]1CC[C@H]1CN1C[C@@]2(CCCc3cc(Cl)ccc32)COc2ccc(C(=O)NS(=O)(=O)C(C)C)cc21. The van der Waals surface area contributed by atoms with Crippen molar-refractivity contribution < 1.29 is 23.1 Å². The summed E-state index contributed by atoms with van der Waals surface area (Å²) in [6, 6.07) is 15.1. The number of nitrogens with zero attached hydrogens (tertiary/aromatic N) is 2. The zero-order valence-electron chi connectivity index (χ0n) is 27.3. The molecule has 2 heterocycles. The minimum Gasteiger partial charge on any atom is -0.490 e. The number of fused-ring (bicyclic) bond motifs is 3. The van der Waals surface area contributed by atoms with E-state index in [0.717, 1.165) is 54.8 Å². The fourth-order valence-electron chi connectivity index (χ4n) is 7.56. The van der Waals surface area contributed by atoms with E-state index >= 15 is 0 Å². The average Bonchev–Trinajstić information content (AvgIpc) is 3.19. The first-order chi connectivity index (χ1) is 22.5. The van der Waals surface area contributed by atoms with Crippen LogP contribution >= 0.6 is 11.6 Å². The molecule has 1 amide bonds. The zero-order valence-corrected chi connectivity index (χ0v) is 28.9. The summed E-state index contributed by atoms with van der Waals surface area (Å²) < 4.78 is 34.0. The van der Waals surface area contributed by atoms with Gasteiger partial charge in [0.05, 0.1) is 17.5 Å². The molecule has 1 saturated carbocycles. The molecule has 0 unspecified atom stereocenters. The molecule has 2 aliphatic carbocycles. The molecule has 0 radical (unpaired) electrons. The van der Waals surface area contributed by atoms with Crippen LogP contribution in [0.3, 0.4) is 0 Å². The van der Waals surface area contributed by atoms with Crippen molar-refractivity contribution in [3.63, 3.8) is 0 Å². The van der Waals surface area contributed by atoms with Crippen LogP contribution in [0, 0.1) is 11.8 Å². The molecule has 0 saturated heterocycles. The molecule has 6 rings (SSSR count). The van der Waals surface area contributed by atoms with E-state index in [1.807, 2.05) is 30.4 Å². The van der Waals surface area contributed by atoms with Gasteiger partial charge in [-0.3, -0.25) is 9.78 Å². The van der Waals surface area contributed by atoms with E-state index in [1.54, 1.807) is 30.6 Å². The Hall–Kier alpha value is -3.40. The molecule has 4 atom stereocenters. The van der Waals surface area contributed by atoms with Crippen molar-refractivity contribution in [3.05, 3.63) is 100 Å². The largest absolute Gasteiger partial charge is 0.490 e. The van der Waals surface area contributed by atoms with Crippen LogP contribution in [0.1, 0.15) is 79.9 Å². The second-order valence-corrected chi connectivity index (χ2v) is 16.3. The summed E-state index contributed by atoms with van der Waals surface area (Å²) in [5, 5.41) is 12.2. The van der Waals surface area contributed by atoms with Gasteiger partial charge in [-0.15, -0.1) is 0 Å². The van der Waals surface area contributed by atoms with Crippen molar-refractivity contribution in [1.82, 2.24) is 9.71 Å². The maximum Gasteiger partial charge on any atom is 0.264 e. The van der Waals surface area contributed by atoms with Gasteiger partial charge in [0.1, 0.15) is 11.4 Å². The molecule has 3 aromatic rings. The number of aromatic nitrogens is 1. The van der Waals surface area contributed by atoms with Crippen LogP contribution < -0.4 is 14.4 Å². The molecule has 250 valence electrons. The summed E-state index contributed by atoms with van der Waals surface area (Å²) >= 11 is 6.44. The Morgan fingerprint density at radius 1 is 1.19 bits per heavy atom. The molecule has 47 heavy (non-hydrogen) atoms. The van der Waals surface area contributed by atoms with Gasteiger partial charge in [-0.1, -0.05) is 36.7 Å². The van der Waals surface area contributed by atoms with Crippen molar-refractivity contribution in [2.24, 2.45) is 11.8 Å². The van der Waals surface area contributed by atoms with Crippen molar-refractivity contribution in [3.8, 4) is 5.75 Å². The number of pyridine rings is 1. The Kier molecular flexibility index (Phi) is 9.44. The predicted molar refractivity (Wildman–Crippen MR) is 186 cm³/mol. The van der Waals surface area contributed by atoms with Gasteiger partial charge in [0.2, 0.25) is 10.0 Å². The number of amides is 1. The van der Waals surface area contributed by atoms with Crippen LogP contribution in [0.5, 0.6) is 5.75 Å². The van der Waals surface area contributed by atoms with Crippen molar-refractivity contribution in [2.75, 3.05) is 24.6 Å². The van der Waals surface area contributed by atoms with Gasteiger partial charge < -0.3 is 14.7 Å². The highest BCUT2D eigenvalue weighted by Gasteiger charge is 2.48.